The van der Waals surface area contributed by atoms with Gasteiger partial charge in [0.1, 0.15) is 11.5 Å². The molecule has 4 heteroatoms. The van der Waals surface area contributed by atoms with Gasteiger partial charge in [-0.1, -0.05) is 6.08 Å². The van der Waals surface area contributed by atoms with Gasteiger partial charge in [-0.15, -0.1) is 6.58 Å². The second-order valence-corrected chi connectivity index (χ2v) is 4.06. The summed E-state index contributed by atoms with van der Waals surface area (Å²) in [7, 11) is 3.76. The Balaban J connectivity index is 2.89. The molecule has 0 fully saturated rings. The van der Waals surface area contributed by atoms with Crippen molar-refractivity contribution in [2.24, 2.45) is 0 Å². The van der Waals surface area contributed by atoms with Crippen LogP contribution in [0.1, 0.15) is 22.7 Å². The monoisotopic (exact) mass is 233 g/mol. The van der Waals surface area contributed by atoms with Gasteiger partial charge in [-0.2, -0.15) is 0 Å². The van der Waals surface area contributed by atoms with Gasteiger partial charge in [-0.25, -0.2) is 4.98 Å². The number of carbonyl (C=O) groups excluding carboxylic acids is 1. The summed E-state index contributed by atoms with van der Waals surface area (Å²) in [6, 6.07) is 0. The summed E-state index contributed by atoms with van der Waals surface area (Å²) in [6.45, 7) is 6.33. The molecular formula is C13H19N3O. The number of carbonyl (C=O) groups is 1. The largest absolute Gasteiger partial charge is 0.383 e. The Hall–Kier alpha value is -1.84. The van der Waals surface area contributed by atoms with Crippen LogP contribution in [0.5, 0.6) is 0 Å². The van der Waals surface area contributed by atoms with Crippen LogP contribution in [0.2, 0.25) is 0 Å². The molecule has 0 unspecified atom stereocenters. The summed E-state index contributed by atoms with van der Waals surface area (Å²) in [5.41, 5.74) is 0.627. The zero-order valence-electron chi connectivity index (χ0n) is 10.7. The van der Waals surface area contributed by atoms with Crippen molar-refractivity contribution in [3.05, 3.63) is 42.6 Å². The molecule has 0 saturated heterocycles. The Bertz CT molecular complexity index is 430. The third-order valence-corrected chi connectivity index (χ3v) is 2.39. The molecule has 1 aromatic rings. The normalized spacial score (nSPS) is 10.8. The highest BCUT2D eigenvalue weighted by Gasteiger charge is 2.11. The number of nitrogens with zero attached hydrogens (tertiary/aromatic N) is 3. The van der Waals surface area contributed by atoms with Gasteiger partial charge in [0.05, 0.1) is 6.20 Å². The molecule has 1 heterocycles. The molecular weight excluding hydrogens is 214 g/mol. The molecule has 0 aromatic carbocycles. The van der Waals surface area contributed by atoms with Crippen LogP contribution >= 0.6 is 0 Å². The first-order valence-electron chi connectivity index (χ1n) is 5.58. The van der Waals surface area contributed by atoms with E-state index in [1.54, 1.807) is 18.5 Å². The molecule has 0 atom stereocenters. The van der Waals surface area contributed by atoms with E-state index in [2.05, 4.69) is 11.6 Å². The first kappa shape index (κ1) is 13.2. The Morgan fingerprint density at radius 1 is 1.59 bits per heavy atom. The zero-order chi connectivity index (χ0) is 12.8. The Kier molecular flexibility index (Phi) is 4.69. The standard InChI is InChI=1S/C13H19N3O/c1-5-6-8-16-11(2)14-10-12(16)13(17)7-9-15(3)4/h5,7,9-10H,1,6,8H2,2-4H3/b9-7+. The van der Waals surface area contributed by atoms with Crippen molar-refractivity contribution in [1.29, 1.82) is 0 Å². The van der Waals surface area contributed by atoms with Crippen LogP contribution in [0.3, 0.4) is 0 Å². The van der Waals surface area contributed by atoms with E-state index in [1.165, 1.54) is 0 Å². The van der Waals surface area contributed by atoms with Crippen LogP contribution in [0, 0.1) is 6.92 Å². The van der Waals surface area contributed by atoms with Crippen LogP contribution in [0.25, 0.3) is 0 Å². The lowest BCUT2D eigenvalue weighted by molar-refractivity contribution is 0.103. The smallest absolute Gasteiger partial charge is 0.205 e. The van der Waals surface area contributed by atoms with Gasteiger partial charge in [0.25, 0.3) is 0 Å². The number of aryl methyl sites for hydroxylation is 1. The number of allylic oxidation sites excluding steroid dienone is 2. The van der Waals surface area contributed by atoms with Crippen molar-refractivity contribution in [2.45, 2.75) is 19.9 Å². The van der Waals surface area contributed by atoms with Gasteiger partial charge in [0, 0.05) is 32.9 Å². The molecule has 0 bridgehead atoms. The maximum absolute atomic E-state index is 11.9. The minimum atomic E-state index is -0.0247. The third-order valence-electron chi connectivity index (χ3n) is 2.39. The predicted molar refractivity (Wildman–Crippen MR) is 68.9 cm³/mol. The second kappa shape index (κ2) is 6.03. The van der Waals surface area contributed by atoms with Crippen LogP contribution in [-0.4, -0.2) is 34.3 Å². The van der Waals surface area contributed by atoms with Crippen molar-refractivity contribution < 1.29 is 4.79 Å². The van der Waals surface area contributed by atoms with E-state index in [-0.39, 0.29) is 5.78 Å². The lowest BCUT2D eigenvalue weighted by Gasteiger charge is -2.07. The summed E-state index contributed by atoms with van der Waals surface area (Å²) < 4.78 is 1.92. The quantitative estimate of drug-likeness (QED) is 0.428. The SMILES string of the molecule is C=CCCn1c(C(=O)/C=C/N(C)C)cnc1C. The average molecular weight is 233 g/mol. The highest BCUT2D eigenvalue weighted by Crippen LogP contribution is 2.08. The van der Waals surface area contributed by atoms with Gasteiger partial charge < -0.3 is 9.47 Å². The molecule has 17 heavy (non-hydrogen) atoms. The highest BCUT2D eigenvalue weighted by molar-refractivity contribution is 6.03. The minimum Gasteiger partial charge on any atom is -0.383 e. The molecule has 92 valence electrons. The molecule has 0 aliphatic heterocycles. The van der Waals surface area contributed by atoms with Crippen LogP contribution in [0.15, 0.2) is 31.1 Å². The number of aromatic nitrogens is 2. The van der Waals surface area contributed by atoms with Gasteiger partial charge in [0.2, 0.25) is 5.78 Å². The van der Waals surface area contributed by atoms with Crippen LogP contribution in [0.4, 0.5) is 0 Å². The number of rotatable bonds is 6. The first-order chi connectivity index (χ1) is 8.06. The molecule has 4 nitrogen and oxygen atoms in total. The summed E-state index contributed by atoms with van der Waals surface area (Å²) in [5, 5.41) is 0. The lowest BCUT2D eigenvalue weighted by atomic mass is 10.3. The summed E-state index contributed by atoms with van der Waals surface area (Å²) in [5.74, 6) is 0.830. The Morgan fingerprint density at radius 3 is 2.88 bits per heavy atom. The number of imidazole rings is 1. The third kappa shape index (κ3) is 3.59. The fourth-order valence-corrected chi connectivity index (χ4v) is 1.47. The van der Waals surface area contributed by atoms with Crippen LogP contribution < -0.4 is 0 Å². The van der Waals surface area contributed by atoms with Crippen molar-refractivity contribution in [3.63, 3.8) is 0 Å². The van der Waals surface area contributed by atoms with Crippen LogP contribution in [-0.2, 0) is 6.54 Å². The predicted octanol–water partition coefficient (Wildman–Crippen LogP) is 2.03. The van der Waals surface area contributed by atoms with E-state index in [9.17, 15) is 4.79 Å². The van der Waals surface area contributed by atoms with E-state index < -0.39 is 0 Å². The molecule has 1 rings (SSSR count). The van der Waals surface area contributed by atoms with E-state index in [0.29, 0.717) is 5.69 Å². The summed E-state index contributed by atoms with van der Waals surface area (Å²) >= 11 is 0. The average Bonchev–Trinajstić information content (AvgIpc) is 2.65. The van der Waals surface area contributed by atoms with E-state index in [4.69, 9.17) is 0 Å². The van der Waals surface area contributed by atoms with Gasteiger partial charge in [-0.05, 0) is 13.3 Å². The van der Waals surface area contributed by atoms with Crippen molar-refractivity contribution in [1.82, 2.24) is 14.5 Å². The molecule has 0 spiro atoms. The van der Waals surface area contributed by atoms with E-state index in [1.807, 2.05) is 36.6 Å². The van der Waals surface area contributed by atoms with Crippen molar-refractivity contribution in [3.8, 4) is 0 Å². The van der Waals surface area contributed by atoms with Gasteiger partial charge in [0.15, 0.2) is 0 Å². The number of hydrogen-bond acceptors (Lipinski definition) is 3. The number of hydrogen-bond donors (Lipinski definition) is 0. The van der Waals surface area contributed by atoms with Gasteiger partial charge in [-0.3, -0.25) is 4.79 Å². The molecule has 1 aromatic heterocycles. The molecule has 0 amide bonds. The number of ketones is 1. The van der Waals surface area contributed by atoms with Crippen molar-refractivity contribution in [2.75, 3.05) is 14.1 Å². The molecule has 0 aliphatic carbocycles. The lowest BCUT2D eigenvalue weighted by Crippen LogP contribution is -2.10. The Morgan fingerprint density at radius 2 is 2.29 bits per heavy atom. The van der Waals surface area contributed by atoms with E-state index in [0.717, 1.165) is 18.8 Å². The molecule has 0 aliphatic rings. The Labute approximate surface area is 102 Å². The summed E-state index contributed by atoms with van der Waals surface area (Å²) in [4.78, 5) is 18.0. The maximum Gasteiger partial charge on any atom is 0.205 e. The zero-order valence-corrected chi connectivity index (χ0v) is 10.7. The molecule has 0 N–H and O–H groups in total. The van der Waals surface area contributed by atoms with E-state index >= 15 is 0 Å². The van der Waals surface area contributed by atoms with Crippen molar-refractivity contribution >= 4 is 5.78 Å². The first-order valence-corrected chi connectivity index (χ1v) is 5.58. The summed E-state index contributed by atoms with van der Waals surface area (Å²) in [6.07, 6.45) is 7.59. The fourth-order valence-electron chi connectivity index (χ4n) is 1.47. The van der Waals surface area contributed by atoms with Gasteiger partial charge >= 0.3 is 0 Å². The maximum atomic E-state index is 11.9. The highest BCUT2D eigenvalue weighted by atomic mass is 16.1. The minimum absolute atomic E-state index is 0.0247. The molecule has 0 saturated carbocycles. The molecule has 0 radical (unpaired) electrons. The fraction of sp³-hybridized carbons (Fsp3) is 0.385. The second-order valence-electron chi connectivity index (χ2n) is 4.06. The topological polar surface area (TPSA) is 38.1 Å².